The molecule has 168 valence electrons. The van der Waals surface area contributed by atoms with E-state index < -0.39 is 0 Å². The van der Waals surface area contributed by atoms with E-state index in [9.17, 15) is 0 Å². The van der Waals surface area contributed by atoms with E-state index in [0.717, 1.165) is 29.6 Å². The lowest BCUT2D eigenvalue weighted by Gasteiger charge is -1.96. The normalized spacial score (nSPS) is 11.4. The zero-order chi connectivity index (χ0) is 24.0. The second-order valence-corrected chi connectivity index (χ2v) is 7.02. The van der Waals surface area contributed by atoms with Gasteiger partial charge in [0, 0.05) is 36.8 Å². The van der Waals surface area contributed by atoms with Gasteiger partial charge in [0.15, 0.2) is 0 Å². The summed E-state index contributed by atoms with van der Waals surface area (Å²) >= 11 is 13.7. The first-order chi connectivity index (χ1) is 16.3. The molecule has 0 bridgehead atoms. The summed E-state index contributed by atoms with van der Waals surface area (Å²) in [5.74, 6) is 0. The van der Waals surface area contributed by atoms with Gasteiger partial charge < -0.3 is 4.74 Å². The van der Waals surface area contributed by atoms with E-state index in [2.05, 4.69) is 28.4 Å². The number of rotatable bonds is 1. The Bertz CT molecular complexity index is 854. The van der Waals surface area contributed by atoms with Gasteiger partial charge in [-0.25, -0.2) is 4.98 Å². The standard InChI is InChI=1S/C10H8N2.C6H5Cl.C5H4ClN.C4H8O.H2S/c1-3-7-11-9(5-1)10-6-2-4-8-12-10;7-6-4-2-1-3-5-6;6-5-3-1-2-4-7-5;1-2-4-5-3-1;/h1-8H;1-5H;1-4H;1-4H2;1H2/i/hD. The summed E-state index contributed by atoms with van der Waals surface area (Å²) < 4.78 is 10.4. The Kier molecular flexibility index (Phi) is 14.7. The zero-order valence-corrected chi connectivity index (χ0v) is 20.0. The monoisotopic (exact) mass is 488 g/mol. The van der Waals surface area contributed by atoms with E-state index in [1.54, 1.807) is 24.7 Å². The van der Waals surface area contributed by atoms with Gasteiger partial charge in [-0.15, -0.1) is 0 Å². The van der Waals surface area contributed by atoms with Crippen molar-refractivity contribution < 1.29 is 4.74 Å². The van der Waals surface area contributed by atoms with Crippen molar-refractivity contribution in [2.45, 2.75) is 12.8 Å². The summed E-state index contributed by atoms with van der Waals surface area (Å²) in [5.41, 5.74) is 1.83. The molecule has 0 N–H and O–H groups in total. The van der Waals surface area contributed by atoms with Crippen molar-refractivity contribution in [1.29, 1.82) is 1.12 Å². The average Bonchev–Trinajstić information content (AvgIpc) is 3.49. The maximum Gasteiger partial charge on any atom is 0.129 e. The summed E-state index contributed by atoms with van der Waals surface area (Å²) in [7, 11) is 0. The Morgan fingerprint density at radius 2 is 1.09 bits per heavy atom. The molecule has 0 spiro atoms. The highest BCUT2D eigenvalue weighted by molar-refractivity contribution is 7.59. The molecule has 0 unspecified atom stereocenters. The first kappa shape index (κ1) is 25.8. The van der Waals surface area contributed by atoms with Crippen molar-refractivity contribution in [3.05, 3.63) is 114 Å². The molecule has 1 saturated heterocycles. The van der Waals surface area contributed by atoms with Crippen LogP contribution < -0.4 is 0 Å². The van der Waals surface area contributed by atoms with Crippen LogP contribution in [0.2, 0.25) is 10.2 Å². The van der Waals surface area contributed by atoms with E-state index >= 15 is 0 Å². The molecule has 1 aliphatic heterocycles. The maximum atomic E-state index is 5.54. The smallest absolute Gasteiger partial charge is 0.129 e. The molecule has 4 aromatic rings. The van der Waals surface area contributed by atoms with Crippen molar-refractivity contribution in [2.75, 3.05) is 13.2 Å². The summed E-state index contributed by atoms with van der Waals surface area (Å²) in [5, 5.41) is 1.34. The van der Waals surface area contributed by atoms with Crippen LogP contribution in [0.5, 0.6) is 0 Å². The van der Waals surface area contributed by atoms with Crippen LogP contribution in [0, 0.1) is 0 Å². The van der Waals surface area contributed by atoms with Crippen molar-refractivity contribution in [3.63, 3.8) is 0 Å². The molecule has 32 heavy (non-hydrogen) atoms. The zero-order valence-electron chi connectivity index (χ0n) is 18.6. The number of hydrogen-bond donors (Lipinski definition) is 0. The quantitative estimate of drug-likeness (QED) is 0.267. The minimum Gasteiger partial charge on any atom is -0.381 e. The largest absolute Gasteiger partial charge is 0.381 e. The van der Waals surface area contributed by atoms with Crippen molar-refractivity contribution in [3.8, 4) is 11.4 Å². The molecule has 0 radical (unpaired) electrons. The van der Waals surface area contributed by atoms with Gasteiger partial charge in [0.2, 0.25) is 0 Å². The third-order valence-electron chi connectivity index (χ3n) is 3.78. The third-order valence-corrected chi connectivity index (χ3v) is 4.26. The summed E-state index contributed by atoms with van der Waals surface area (Å²) in [6.45, 7) is 2.00. The summed E-state index contributed by atoms with van der Waals surface area (Å²) in [6.07, 6.45) is 7.75. The highest BCUT2D eigenvalue weighted by Gasteiger charge is 1.95. The average molecular weight is 489 g/mol. The Morgan fingerprint density at radius 1 is 0.625 bits per heavy atom. The van der Waals surface area contributed by atoms with E-state index in [1.807, 2.05) is 78.9 Å². The number of ether oxygens (including phenoxy) is 1. The van der Waals surface area contributed by atoms with Crippen LogP contribution >= 0.6 is 36.6 Å². The van der Waals surface area contributed by atoms with Crippen LogP contribution in [0.25, 0.3) is 11.4 Å². The fraction of sp³-hybridized carbons (Fsp3) is 0.160. The van der Waals surface area contributed by atoms with Gasteiger partial charge in [-0.1, -0.05) is 59.6 Å². The minimum atomic E-state index is 0.544. The fourth-order valence-corrected chi connectivity index (χ4v) is 2.57. The van der Waals surface area contributed by atoms with Gasteiger partial charge in [0.25, 0.3) is 0 Å². The topological polar surface area (TPSA) is 47.9 Å². The Balaban J connectivity index is 0.000000226. The maximum absolute atomic E-state index is 5.54. The fourth-order valence-electron chi connectivity index (χ4n) is 2.30. The number of halogens is 2. The second-order valence-electron chi connectivity index (χ2n) is 6.20. The Morgan fingerprint density at radius 3 is 1.34 bits per heavy atom. The number of nitrogens with zero attached hydrogens (tertiary/aromatic N) is 3. The SMILES string of the molecule is C1CCOC1.Clc1ccccc1.Clc1ccccn1.[2H]S.c1ccc(-c2ccccn2)nc1. The predicted molar refractivity (Wildman–Crippen MR) is 139 cm³/mol. The Hall–Kier alpha value is -2.44. The molecule has 3 aromatic heterocycles. The molecule has 4 nitrogen and oxygen atoms in total. The highest BCUT2D eigenvalue weighted by Crippen LogP contribution is 2.11. The number of pyridine rings is 3. The first-order valence-electron chi connectivity index (χ1n) is 10.4. The van der Waals surface area contributed by atoms with Crippen LogP contribution in [0.3, 0.4) is 0 Å². The molecule has 1 aliphatic rings. The molecule has 1 fully saturated rings. The second kappa shape index (κ2) is 18.2. The number of aromatic nitrogens is 3. The van der Waals surface area contributed by atoms with Gasteiger partial charge in [0.1, 0.15) is 5.15 Å². The van der Waals surface area contributed by atoms with Crippen LogP contribution in [0.15, 0.2) is 104 Å². The van der Waals surface area contributed by atoms with Crippen LogP contribution in [-0.2, 0) is 4.74 Å². The molecule has 0 saturated carbocycles. The van der Waals surface area contributed by atoms with Gasteiger partial charge in [-0.2, -0.15) is 13.4 Å². The van der Waals surface area contributed by atoms with Gasteiger partial charge in [0.05, 0.1) is 12.5 Å². The Labute approximate surface area is 208 Å². The van der Waals surface area contributed by atoms with Gasteiger partial charge >= 0.3 is 0 Å². The summed E-state index contributed by atoms with van der Waals surface area (Å²) in [4.78, 5) is 12.1. The molecule has 5 rings (SSSR count). The predicted octanol–water partition coefficient (Wildman–Crippen LogP) is 7.13. The molecule has 4 heterocycles. The van der Waals surface area contributed by atoms with Crippen LogP contribution in [0.1, 0.15) is 12.8 Å². The number of benzene rings is 1. The van der Waals surface area contributed by atoms with E-state index in [1.165, 1.54) is 12.8 Å². The van der Waals surface area contributed by atoms with Crippen LogP contribution in [0.4, 0.5) is 0 Å². The molecule has 1 aromatic carbocycles. The molecule has 0 atom stereocenters. The van der Waals surface area contributed by atoms with E-state index in [0.29, 0.717) is 5.15 Å². The minimum absolute atomic E-state index is 0.544. The van der Waals surface area contributed by atoms with E-state index in [-0.39, 0.29) is 0 Å². The van der Waals surface area contributed by atoms with Crippen molar-refractivity contribution in [1.82, 2.24) is 15.0 Å². The third kappa shape index (κ3) is 13.1. The van der Waals surface area contributed by atoms with E-state index in [4.69, 9.17) is 29.1 Å². The van der Waals surface area contributed by atoms with Crippen LogP contribution in [-0.4, -0.2) is 29.3 Å². The van der Waals surface area contributed by atoms with Gasteiger partial charge in [-0.3, -0.25) is 9.97 Å². The summed E-state index contributed by atoms with van der Waals surface area (Å²) in [6, 6.07) is 26.4. The molecule has 0 aliphatic carbocycles. The van der Waals surface area contributed by atoms with Crippen molar-refractivity contribution >= 4 is 36.6 Å². The lowest BCUT2D eigenvalue weighted by molar-refractivity contribution is 0.198. The molecular formula is C25H27Cl2N3OS. The lowest BCUT2D eigenvalue weighted by Crippen LogP contribution is -1.83. The first-order valence-corrected chi connectivity index (χ1v) is 10.7. The molecular weight excluding hydrogens is 461 g/mol. The van der Waals surface area contributed by atoms with Gasteiger partial charge in [-0.05, 0) is 61.4 Å². The molecule has 7 heteroatoms. The molecule has 0 amide bonds. The lowest BCUT2D eigenvalue weighted by atomic mass is 10.2. The van der Waals surface area contributed by atoms with Crippen molar-refractivity contribution in [2.24, 2.45) is 0 Å². The number of hydrogen-bond acceptors (Lipinski definition) is 4. The highest BCUT2D eigenvalue weighted by atomic mass is 35.5.